The molecular formula is C10H10FN5O2. The van der Waals surface area contributed by atoms with E-state index in [1.807, 2.05) is 0 Å². The molecule has 0 bridgehead atoms. The van der Waals surface area contributed by atoms with Gasteiger partial charge in [-0.1, -0.05) is 0 Å². The van der Waals surface area contributed by atoms with Gasteiger partial charge in [0.1, 0.15) is 12.2 Å². The number of hydrogen-bond donors (Lipinski definition) is 2. The Labute approximate surface area is 101 Å². The molecule has 2 rings (SSSR count). The second-order valence-electron chi connectivity index (χ2n) is 3.53. The van der Waals surface area contributed by atoms with Crippen molar-refractivity contribution < 1.29 is 9.31 Å². The molecule has 0 aliphatic rings. The molecule has 0 atom stereocenters. The summed E-state index contributed by atoms with van der Waals surface area (Å²) in [6.45, 7) is 0.448. The zero-order chi connectivity index (χ0) is 13.0. The highest BCUT2D eigenvalue weighted by Gasteiger charge is 2.10. The van der Waals surface area contributed by atoms with E-state index in [9.17, 15) is 14.5 Å². The van der Waals surface area contributed by atoms with Crippen LogP contribution >= 0.6 is 0 Å². The molecule has 0 fully saturated rings. The van der Waals surface area contributed by atoms with Crippen molar-refractivity contribution in [1.29, 1.82) is 0 Å². The van der Waals surface area contributed by atoms with E-state index >= 15 is 0 Å². The zero-order valence-electron chi connectivity index (χ0n) is 9.26. The Hall–Kier alpha value is -2.51. The van der Waals surface area contributed by atoms with Gasteiger partial charge in [-0.05, 0) is 6.07 Å². The van der Waals surface area contributed by atoms with Crippen LogP contribution in [0.1, 0.15) is 5.82 Å². The van der Waals surface area contributed by atoms with Gasteiger partial charge in [0.25, 0.3) is 5.69 Å². The van der Waals surface area contributed by atoms with E-state index in [-0.39, 0.29) is 11.4 Å². The molecule has 18 heavy (non-hydrogen) atoms. The number of rotatable bonds is 5. The van der Waals surface area contributed by atoms with Crippen molar-refractivity contribution in [1.82, 2.24) is 15.2 Å². The predicted octanol–water partition coefficient (Wildman–Crippen LogP) is 1.51. The van der Waals surface area contributed by atoms with Crippen LogP contribution in [0.4, 0.5) is 15.8 Å². The standard InChI is InChI=1S/C10H10FN5O2/c11-8-5-7(16(17)18)1-2-9(8)12-4-3-10-13-6-14-15-10/h1-2,5-6,12H,3-4H2,(H,13,14,15). The summed E-state index contributed by atoms with van der Waals surface area (Å²) >= 11 is 0. The van der Waals surface area contributed by atoms with Crippen LogP contribution in [0, 0.1) is 15.9 Å². The molecule has 0 saturated carbocycles. The highest BCUT2D eigenvalue weighted by Crippen LogP contribution is 2.20. The number of benzene rings is 1. The summed E-state index contributed by atoms with van der Waals surface area (Å²) in [5.41, 5.74) is -0.0478. The largest absolute Gasteiger partial charge is 0.382 e. The van der Waals surface area contributed by atoms with E-state index < -0.39 is 10.7 Å². The van der Waals surface area contributed by atoms with Crippen LogP contribution < -0.4 is 5.32 Å². The topological polar surface area (TPSA) is 96.7 Å². The van der Waals surface area contributed by atoms with Crippen LogP contribution in [0.25, 0.3) is 0 Å². The summed E-state index contributed by atoms with van der Waals surface area (Å²) in [5.74, 6) is 0.0339. The summed E-state index contributed by atoms with van der Waals surface area (Å²) in [6.07, 6.45) is 1.94. The molecule has 8 heteroatoms. The molecule has 1 aromatic heterocycles. The number of H-pyrrole nitrogens is 1. The van der Waals surface area contributed by atoms with Crippen molar-refractivity contribution in [3.05, 3.63) is 46.3 Å². The number of nitrogens with one attached hydrogen (secondary N) is 2. The molecule has 2 aromatic rings. The van der Waals surface area contributed by atoms with Crippen LogP contribution in [0.3, 0.4) is 0 Å². The fraction of sp³-hybridized carbons (Fsp3) is 0.200. The maximum absolute atomic E-state index is 13.5. The van der Waals surface area contributed by atoms with Gasteiger partial charge >= 0.3 is 0 Å². The second-order valence-corrected chi connectivity index (χ2v) is 3.53. The molecule has 0 unspecified atom stereocenters. The van der Waals surface area contributed by atoms with E-state index in [0.717, 1.165) is 6.07 Å². The van der Waals surface area contributed by atoms with E-state index in [0.29, 0.717) is 18.8 Å². The number of halogens is 1. The maximum atomic E-state index is 13.5. The van der Waals surface area contributed by atoms with Gasteiger partial charge in [0.05, 0.1) is 16.7 Å². The Kier molecular flexibility index (Phi) is 3.46. The predicted molar refractivity (Wildman–Crippen MR) is 61.6 cm³/mol. The van der Waals surface area contributed by atoms with Gasteiger partial charge in [-0.15, -0.1) is 0 Å². The molecule has 0 amide bonds. The first-order valence-electron chi connectivity index (χ1n) is 5.19. The maximum Gasteiger partial charge on any atom is 0.272 e. The lowest BCUT2D eigenvalue weighted by Gasteiger charge is -2.05. The first-order chi connectivity index (χ1) is 8.66. The number of nitrogens with zero attached hydrogens (tertiary/aromatic N) is 3. The molecule has 0 aliphatic heterocycles. The fourth-order valence-electron chi connectivity index (χ4n) is 1.43. The number of non-ortho nitro benzene ring substituents is 1. The Morgan fingerprint density at radius 2 is 2.33 bits per heavy atom. The monoisotopic (exact) mass is 251 g/mol. The number of nitro groups is 1. The van der Waals surface area contributed by atoms with Crippen molar-refractivity contribution in [2.45, 2.75) is 6.42 Å². The Balaban J connectivity index is 1.95. The van der Waals surface area contributed by atoms with Gasteiger partial charge in [-0.25, -0.2) is 9.37 Å². The van der Waals surface area contributed by atoms with Crippen molar-refractivity contribution >= 4 is 11.4 Å². The lowest BCUT2D eigenvalue weighted by molar-refractivity contribution is -0.385. The summed E-state index contributed by atoms with van der Waals surface area (Å²) in [7, 11) is 0. The Morgan fingerprint density at radius 3 is 2.94 bits per heavy atom. The van der Waals surface area contributed by atoms with Gasteiger partial charge in [-0.2, -0.15) is 5.10 Å². The first kappa shape index (κ1) is 12.0. The minimum absolute atomic E-state index is 0.222. The molecule has 0 aliphatic carbocycles. The lowest BCUT2D eigenvalue weighted by atomic mass is 10.2. The second kappa shape index (κ2) is 5.21. The van der Waals surface area contributed by atoms with E-state index in [1.54, 1.807) is 0 Å². The van der Waals surface area contributed by atoms with Crippen LogP contribution in [-0.4, -0.2) is 26.6 Å². The van der Waals surface area contributed by atoms with Gasteiger partial charge in [-0.3, -0.25) is 15.2 Å². The molecule has 94 valence electrons. The summed E-state index contributed by atoms with van der Waals surface area (Å²) < 4.78 is 13.5. The van der Waals surface area contributed by atoms with Crippen molar-refractivity contribution in [2.24, 2.45) is 0 Å². The van der Waals surface area contributed by atoms with Crippen LogP contribution in [0.15, 0.2) is 24.5 Å². The summed E-state index contributed by atoms with van der Waals surface area (Å²) in [6, 6.07) is 3.48. The lowest BCUT2D eigenvalue weighted by Crippen LogP contribution is -2.07. The van der Waals surface area contributed by atoms with Gasteiger partial charge < -0.3 is 5.32 Å². The smallest absolute Gasteiger partial charge is 0.272 e. The molecule has 2 N–H and O–H groups in total. The van der Waals surface area contributed by atoms with Crippen molar-refractivity contribution in [3.8, 4) is 0 Å². The highest BCUT2D eigenvalue weighted by atomic mass is 19.1. The Morgan fingerprint density at radius 1 is 1.50 bits per heavy atom. The third-order valence-electron chi connectivity index (χ3n) is 2.31. The van der Waals surface area contributed by atoms with E-state index in [4.69, 9.17) is 0 Å². The third kappa shape index (κ3) is 2.78. The minimum atomic E-state index is -0.651. The van der Waals surface area contributed by atoms with E-state index in [1.165, 1.54) is 18.5 Å². The van der Waals surface area contributed by atoms with Crippen LogP contribution in [0.5, 0.6) is 0 Å². The molecule has 0 radical (unpaired) electrons. The molecule has 0 spiro atoms. The molecule has 0 saturated heterocycles. The fourth-order valence-corrected chi connectivity index (χ4v) is 1.43. The zero-order valence-corrected chi connectivity index (χ0v) is 9.26. The van der Waals surface area contributed by atoms with Crippen LogP contribution in [0.2, 0.25) is 0 Å². The quantitative estimate of drug-likeness (QED) is 0.620. The van der Waals surface area contributed by atoms with E-state index in [2.05, 4.69) is 20.5 Å². The Bertz CT molecular complexity index is 543. The summed E-state index contributed by atoms with van der Waals surface area (Å²) in [5, 5.41) is 19.6. The molecular weight excluding hydrogens is 241 g/mol. The highest BCUT2D eigenvalue weighted by molar-refractivity contribution is 5.50. The average Bonchev–Trinajstić information content (AvgIpc) is 2.84. The number of anilines is 1. The number of nitro benzene ring substituents is 1. The number of aromatic nitrogens is 3. The van der Waals surface area contributed by atoms with Crippen molar-refractivity contribution in [2.75, 3.05) is 11.9 Å². The molecule has 7 nitrogen and oxygen atoms in total. The summed E-state index contributed by atoms with van der Waals surface area (Å²) in [4.78, 5) is 13.7. The van der Waals surface area contributed by atoms with Crippen molar-refractivity contribution in [3.63, 3.8) is 0 Å². The SMILES string of the molecule is O=[N+]([O-])c1ccc(NCCc2ncn[nH]2)c(F)c1. The normalized spacial score (nSPS) is 10.3. The van der Waals surface area contributed by atoms with Gasteiger partial charge in [0, 0.05) is 19.0 Å². The average molecular weight is 251 g/mol. The third-order valence-corrected chi connectivity index (χ3v) is 2.31. The number of aromatic amines is 1. The number of hydrogen-bond acceptors (Lipinski definition) is 5. The van der Waals surface area contributed by atoms with Gasteiger partial charge in [0.15, 0.2) is 5.82 Å². The van der Waals surface area contributed by atoms with Gasteiger partial charge in [0.2, 0.25) is 0 Å². The first-order valence-corrected chi connectivity index (χ1v) is 5.19. The molecule has 1 heterocycles. The minimum Gasteiger partial charge on any atom is -0.382 e. The van der Waals surface area contributed by atoms with Crippen LogP contribution in [-0.2, 0) is 6.42 Å². The molecule has 1 aromatic carbocycles.